The smallest absolute Gasteiger partial charge is 0.122 e. The minimum Gasteiger partial charge on any atom is -0.234 e. The number of rotatable bonds is 6. The van der Waals surface area contributed by atoms with Crippen LogP contribution in [0.4, 0.5) is 0 Å². The van der Waals surface area contributed by atoms with E-state index in [2.05, 4.69) is 14.8 Å². The number of hydrogen-bond donors (Lipinski definition) is 0. The van der Waals surface area contributed by atoms with Gasteiger partial charge in [-0.15, -0.1) is 0 Å². The zero-order valence-corrected chi connectivity index (χ0v) is 5.61. The molecule has 0 heterocycles. The molecule has 0 saturated heterocycles. The fraction of sp³-hybridized carbons (Fsp3) is 0.333. The lowest BCUT2D eigenvalue weighted by Gasteiger charge is -1.95. The van der Waals surface area contributed by atoms with Crippen molar-refractivity contribution in [2.75, 3.05) is 13.2 Å². The second-order valence-electron chi connectivity index (χ2n) is 1.28. The van der Waals surface area contributed by atoms with Crippen LogP contribution in [0.5, 0.6) is 0 Å². The molecular formula is C6H6O5. The summed E-state index contributed by atoms with van der Waals surface area (Å²) in [5.74, 6) is 2.93. The summed E-state index contributed by atoms with van der Waals surface area (Å²) in [7, 11) is 0. The first-order valence-electron chi connectivity index (χ1n) is 2.71. The van der Waals surface area contributed by atoms with E-state index < -0.39 is 0 Å². The Bertz CT molecular complexity index is 155. The molecule has 0 atom stereocenters. The van der Waals surface area contributed by atoms with Gasteiger partial charge in [0.1, 0.15) is 25.1 Å². The lowest BCUT2D eigenvalue weighted by Crippen LogP contribution is -1.96. The maximum absolute atomic E-state index is 9.53. The minimum absolute atomic E-state index is 0.0473. The van der Waals surface area contributed by atoms with Crippen molar-refractivity contribution in [1.29, 1.82) is 0 Å². The number of carbonyl (C=O) groups excluding carboxylic acids is 2. The highest BCUT2D eigenvalue weighted by Gasteiger charge is 1.83. The molecule has 0 amide bonds. The Labute approximate surface area is 62.7 Å². The molecule has 0 saturated carbocycles. The molecule has 0 N–H and O–H groups in total. The van der Waals surface area contributed by atoms with Gasteiger partial charge in [-0.1, -0.05) is 5.04 Å². The van der Waals surface area contributed by atoms with Crippen LogP contribution >= 0.6 is 0 Å². The molecule has 0 aromatic heterocycles. The zero-order valence-electron chi connectivity index (χ0n) is 5.61. The third kappa shape index (κ3) is 8.78. The Balaban J connectivity index is 3.02. The predicted octanol–water partition coefficient (Wildman–Crippen LogP) is -0.358. The van der Waals surface area contributed by atoms with Gasteiger partial charge in [-0.3, -0.25) is 0 Å². The summed E-state index contributed by atoms with van der Waals surface area (Å²) in [6, 6.07) is 0. The lowest BCUT2D eigenvalue weighted by molar-refractivity contribution is -0.505. The standard InChI is InChI=1S/C6H6O5/c7-3-1-5-9-11-10-6-2-4-8/h1-2H,5-6H2. The van der Waals surface area contributed by atoms with E-state index in [-0.39, 0.29) is 13.2 Å². The Morgan fingerprint density at radius 3 is 1.82 bits per heavy atom. The fourth-order valence-corrected chi connectivity index (χ4v) is 0.226. The molecule has 5 nitrogen and oxygen atoms in total. The van der Waals surface area contributed by atoms with Crippen LogP contribution in [0.2, 0.25) is 0 Å². The van der Waals surface area contributed by atoms with E-state index >= 15 is 0 Å². The van der Waals surface area contributed by atoms with E-state index in [0.717, 1.165) is 12.2 Å². The maximum atomic E-state index is 9.53. The number of hydrogen-bond acceptors (Lipinski definition) is 5. The van der Waals surface area contributed by atoms with Crippen molar-refractivity contribution in [3.8, 4) is 0 Å². The van der Waals surface area contributed by atoms with Crippen molar-refractivity contribution < 1.29 is 24.4 Å². The topological polar surface area (TPSA) is 61.8 Å². The van der Waals surface area contributed by atoms with Crippen LogP contribution in [0, 0.1) is 0 Å². The van der Waals surface area contributed by atoms with Crippen LogP contribution in [0.3, 0.4) is 0 Å². The first kappa shape index (κ1) is 9.78. The van der Waals surface area contributed by atoms with Gasteiger partial charge in [-0.2, -0.15) is 0 Å². The van der Waals surface area contributed by atoms with Gasteiger partial charge in [0.15, 0.2) is 0 Å². The monoisotopic (exact) mass is 158 g/mol. The normalized spacial score (nSPS) is 8.00. The summed E-state index contributed by atoms with van der Waals surface area (Å²) in [4.78, 5) is 27.5. The summed E-state index contributed by atoms with van der Waals surface area (Å²) in [5, 5.41) is 4.02. The molecular weight excluding hydrogens is 152 g/mol. The minimum atomic E-state index is -0.0473. The molecule has 0 aromatic rings. The molecule has 0 aromatic carbocycles. The fourth-order valence-electron chi connectivity index (χ4n) is 0.226. The molecule has 0 rings (SSSR count). The summed E-state index contributed by atoms with van der Waals surface area (Å²) >= 11 is 0. The molecule has 0 unspecified atom stereocenters. The van der Waals surface area contributed by atoms with E-state index in [1.807, 2.05) is 0 Å². The average Bonchev–Trinajstić information content (AvgIpc) is 2.03. The summed E-state index contributed by atoms with van der Waals surface area (Å²) in [6.07, 6.45) is 2.14. The van der Waals surface area contributed by atoms with E-state index in [0.29, 0.717) is 0 Å². The molecule has 0 fully saturated rings. The Kier molecular flexibility index (Phi) is 7.81. The largest absolute Gasteiger partial charge is 0.234 e. The van der Waals surface area contributed by atoms with E-state index in [1.165, 1.54) is 11.9 Å². The van der Waals surface area contributed by atoms with Gasteiger partial charge < -0.3 is 0 Å². The van der Waals surface area contributed by atoms with Gasteiger partial charge in [0.25, 0.3) is 0 Å². The van der Waals surface area contributed by atoms with Crippen LogP contribution in [0.15, 0.2) is 12.2 Å². The van der Waals surface area contributed by atoms with Crippen LogP contribution in [0.1, 0.15) is 0 Å². The highest BCUT2D eigenvalue weighted by Crippen LogP contribution is 1.80. The van der Waals surface area contributed by atoms with Gasteiger partial charge >= 0.3 is 0 Å². The van der Waals surface area contributed by atoms with Crippen molar-refractivity contribution in [3.05, 3.63) is 12.2 Å². The molecule has 0 radical (unpaired) electrons. The molecule has 0 aliphatic rings. The molecule has 5 heteroatoms. The summed E-state index contributed by atoms with van der Waals surface area (Å²) in [5.41, 5.74) is 0. The quantitative estimate of drug-likeness (QED) is 0.228. The van der Waals surface area contributed by atoms with Crippen molar-refractivity contribution in [1.82, 2.24) is 0 Å². The highest BCUT2D eigenvalue weighted by molar-refractivity contribution is 5.44. The molecule has 60 valence electrons. The molecule has 0 aliphatic heterocycles. The molecule has 0 bridgehead atoms. The molecule has 0 spiro atoms. The Morgan fingerprint density at radius 1 is 1.00 bits per heavy atom. The Morgan fingerprint density at radius 2 is 1.45 bits per heavy atom. The predicted molar refractivity (Wildman–Crippen MR) is 33.5 cm³/mol. The van der Waals surface area contributed by atoms with Crippen LogP contribution in [-0.4, -0.2) is 25.1 Å². The van der Waals surface area contributed by atoms with Gasteiger partial charge in [-0.25, -0.2) is 19.4 Å². The second kappa shape index (κ2) is 8.78. The summed E-state index contributed by atoms with van der Waals surface area (Å²) < 4.78 is 0. The van der Waals surface area contributed by atoms with Gasteiger partial charge in [-0.05, 0) is 0 Å². The van der Waals surface area contributed by atoms with Crippen LogP contribution in [-0.2, 0) is 24.4 Å². The first-order valence-corrected chi connectivity index (χ1v) is 2.71. The van der Waals surface area contributed by atoms with Crippen molar-refractivity contribution in [2.45, 2.75) is 0 Å². The van der Waals surface area contributed by atoms with Crippen LogP contribution < -0.4 is 0 Å². The van der Waals surface area contributed by atoms with Crippen molar-refractivity contribution >= 4 is 11.9 Å². The third-order valence-corrected chi connectivity index (χ3v) is 0.566. The maximum Gasteiger partial charge on any atom is 0.122 e. The lowest BCUT2D eigenvalue weighted by atomic mass is 10.7. The van der Waals surface area contributed by atoms with Crippen molar-refractivity contribution in [2.24, 2.45) is 0 Å². The van der Waals surface area contributed by atoms with E-state index in [1.54, 1.807) is 0 Å². The van der Waals surface area contributed by atoms with E-state index in [9.17, 15) is 9.59 Å². The Hall–Kier alpha value is -1.22. The SMILES string of the molecule is O=C=CCOOOCC=C=O. The third-order valence-electron chi connectivity index (χ3n) is 0.566. The van der Waals surface area contributed by atoms with Gasteiger partial charge in [0.05, 0.1) is 0 Å². The first-order chi connectivity index (χ1) is 5.41. The van der Waals surface area contributed by atoms with Gasteiger partial charge in [0, 0.05) is 12.2 Å². The molecule has 11 heavy (non-hydrogen) atoms. The van der Waals surface area contributed by atoms with Crippen molar-refractivity contribution in [3.63, 3.8) is 0 Å². The molecule has 0 aliphatic carbocycles. The summed E-state index contributed by atoms with van der Waals surface area (Å²) in [6.45, 7) is -0.0946. The highest BCUT2D eigenvalue weighted by atomic mass is 17.5. The van der Waals surface area contributed by atoms with E-state index in [4.69, 9.17) is 0 Å². The zero-order chi connectivity index (χ0) is 8.36. The average molecular weight is 158 g/mol. The van der Waals surface area contributed by atoms with Gasteiger partial charge in [0.2, 0.25) is 0 Å². The van der Waals surface area contributed by atoms with Crippen LogP contribution in [0.25, 0.3) is 0 Å². The second-order valence-corrected chi connectivity index (χ2v) is 1.28.